The van der Waals surface area contributed by atoms with Crippen LogP contribution in [-0.2, 0) is 10.0 Å². The Morgan fingerprint density at radius 1 is 1.13 bits per heavy atom. The van der Waals surface area contributed by atoms with Crippen molar-refractivity contribution in [1.29, 1.82) is 0 Å². The predicted octanol–water partition coefficient (Wildman–Crippen LogP) is 2.01. The van der Waals surface area contributed by atoms with Gasteiger partial charge in [-0.2, -0.15) is 9.29 Å². The maximum Gasteiger partial charge on any atom is 0.248 e. The van der Waals surface area contributed by atoms with E-state index in [2.05, 4.69) is 10.1 Å². The molecule has 122 valence electrons. The Morgan fingerprint density at radius 2 is 1.78 bits per heavy atom. The number of hydrogen-bond donors (Lipinski definition) is 0. The number of nitrogens with zero attached hydrogens (tertiary/aromatic N) is 3. The Morgan fingerprint density at radius 3 is 2.39 bits per heavy atom. The molecule has 9 heteroatoms. The van der Waals surface area contributed by atoms with Gasteiger partial charge in [0.2, 0.25) is 15.9 Å². The van der Waals surface area contributed by atoms with E-state index in [0.717, 1.165) is 35.3 Å². The van der Waals surface area contributed by atoms with Gasteiger partial charge in [-0.3, -0.25) is 0 Å². The molecule has 2 fully saturated rings. The van der Waals surface area contributed by atoms with E-state index in [1.54, 1.807) is 0 Å². The van der Waals surface area contributed by atoms with Gasteiger partial charge in [-0.05, 0) is 25.0 Å². The lowest BCUT2D eigenvalue weighted by Gasteiger charge is -2.35. The van der Waals surface area contributed by atoms with E-state index in [4.69, 9.17) is 4.52 Å². The highest BCUT2D eigenvalue weighted by molar-refractivity contribution is 7.89. The van der Waals surface area contributed by atoms with Crippen LogP contribution in [0.2, 0.25) is 0 Å². The standard InChI is InChI=1S/C14H13F2N3O3S/c15-10-2-1-3-11(16)12(10)23(20,21)19-6-9(7-19)14-17-13(18-22-14)8-4-5-8/h1-3,8-9H,4-7H2. The van der Waals surface area contributed by atoms with E-state index in [0.29, 0.717) is 17.6 Å². The fourth-order valence-corrected chi connectivity index (χ4v) is 4.21. The number of sulfonamides is 1. The van der Waals surface area contributed by atoms with E-state index < -0.39 is 26.6 Å². The third-order valence-electron chi connectivity index (χ3n) is 4.11. The molecule has 1 aliphatic carbocycles. The molecule has 1 saturated carbocycles. The number of aromatic nitrogens is 2. The van der Waals surface area contributed by atoms with Crippen LogP contribution in [0, 0.1) is 11.6 Å². The summed E-state index contributed by atoms with van der Waals surface area (Å²) < 4.78 is 58.2. The van der Waals surface area contributed by atoms with Crippen LogP contribution >= 0.6 is 0 Å². The highest BCUT2D eigenvalue weighted by atomic mass is 32.2. The average Bonchev–Trinajstić information content (AvgIpc) is 3.16. The molecular formula is C14H13F2N3O3S. The monoisotopic (exact) mass is 341 g/mol. The van der Waals surface area contributed by atoms with Gasteiger partial charge in [0.1, 0.15) is 11.6 Å². The molecule has 1 saturated heterocycles. The highest BCUT2D eigenvalue weighted by Gasteiger charge is 2.43. The summed E-state index contributed by atoms with van der Waals surface area (Å²) in [5.41, 5.74) is 0. The zero-order valence-corrected chi connectivity index (χ0v) is 12.8. The topological polar surface area (TPSA) is 76.3 Å². The van der Waals surface area contributed by atoms with Gasteiger partial charge in [0.05, 0.1) is 5.92 Å². The minimum Gasteiger partial charge on any atom is -0.339 e. The van der Waals surface area contributed by atoms with E-state index in [-0.39, 0.29) is 19.0 Å². The predicted molar refractivity (Wildman–Crippen MR) is 74.1 cm³/mol. The Labute approximate surface area is 131 Å². The maximum absolute atomic E-state index is 13.7. The second-order valence-electron chi connectivity index (χ2n) is 5.83. The number of hydrogen-bond acceptors (Lipinski definition) is 5. The number of halogens is 2. The lowest BCUT2D eigenvalue weighted by atomic mass is 10.0. The van der Waals surface area contributed by atoms with Crippen molar-refractivity contribution in [1.82, 2.24) is 14.4 Å². The molecule has 4 rings (SSSR count). The van der Waals surface area contributed by atoms with E-state index in [1.165, 1.54) is 0 Å². The zero-order chi connectivity index (χ0) is 16.2. The molecule has 0 radical (unpaired) electrons. The molecule has 0 amide bonds. The first kappa shape index (κ1) is 14.7. The Balaban J connectivity index is 1.52. The van der Waals surface area contributed by atoms with Crippen LogP contribution in [0.3, 0.4) is 0 Å². The summed E-state index contributed by atoms with van der Waals surface area (Å²) in [7, 11) is -4.21. The molecule has 1 aliphatic heterocycles. The number of benzene rings is 1. The second-order valence-corrected chi connectivity index (χ2v) is 7.71. The largest absolute Gasteiger partial charge is 0.339 e. The van der Waals surface area contributed by atoms with Crippen molar-refractivity contribution in [2.75, 3.05) is 13.1 Å². The third kappa shape index (κ3) is 2.43. The summed E-state index contributed by atoms with van der Waals surface area (Å²) in [6, 6.07) is 2.97. The summed E-state index contributed by atoms with van der Waals surface area (Å²) in [6.45, 7) is 0.144. The van der Waals surface area contributed by atoms with Gasteiger partial charge in [0, 0.05) is 19.0 Å². The van der Waals surface area contributed by atoms with Crippen LogP contribution in [-0.4, -0.2) is 36.0 Å². The number of rotatable bonds is 4. The molecule has 0 spiro atoms. The van der Waals surface area contributed by atoms with Gasteiger partial charge in [0.25, 0.3) is 0 Å². The minimum absolute atomic E-state index is 0.0718. The molecule has 0 unspecified atom stereocenters. The van der Waals surface area contributed by atoms with Gasteiger partial charge < -0.3 is 4.52 Å². The van der Waals surface area contributed by atoms with Crippen LogP contribution in [0.4, 0.5) is 8.78 Å². The molecule has 2 aliphatic rings. The van der Waals surface area contributed by atoms with E-state index >= 15 is 0 Å². The van der Waals surface area contributed by atoms with Gasteiger partial charge in [0.15, 0.2) is 10.7 Å². The first-order valence-corrected chi connectivity index (χ1v) is 8.68. The van der Waals surface area contributed by atoms with Gasteiger partial charge >= 0.3 is 0 Å². The highest BCUT2D eigenvalue weighted by Crippen LogP contribution is 2.39. The van der Waals surface area contributed by atoms with Crippen molar-refractivity contribution in [3.63, 3.8) is 0 Å². The lowest BCUT2D eigenvalue weighted by Crippen LogP contribution is -2.48. The third-order valence-corrected chi connectivity index (χ3v) is 6.00. The summed E-state index contributed by atoms with van der Waals surface area (Å²) in [5.74, 6) is -1.04. The van der Waals surface area contributed by atoms with Gasteiger partial charge in [-0.25, -0.2) is 17.2 Å². The molecule has 2 aromatic rings. The zero-order valence-electron chi connectivity index (χ0n) is 11.9. The smallest absolute Gasteiger partial charge is 0.248 e. The summed E-state index contributed by atoms with van der Waals surface area (Å²) in [4.78, 5) is 3.36. The molecule has 6 nitrogen and oxygen atoms in total. The normalized spacial score (nSPS) is 19.7. The van der Waals surface area contributed by atoms with Crippen LogP contribution in [0.15, 0.2) is 27.6 Å². The van der Waals surface area contributed by atoms with Crippen molar-refractivity contribution >= 4 is 10.0 Å². The Kier molecular flexibility index (Phi) is 3.24. The van der Waals surface area contributed by atoms with Crippen LogP contribution in [0.1, 0.15) is 36.4 Å². The first-order valence-electron chi connectivity index (χ1n) is 7.24. The fraction of sp³-hybridized carbons (Fsp3) is 0.429. The van der Waals surface area contributed by atoms with Crippen molar-refractivity contribution in [2.45, 2.75) is 29.6 Å². The summed E-state index contributed by atoms with van der Waals surface area (Å²) >= 11 is 0. The molecule has 0 atom stereocenters. The van der Waals surface area contributed by atoms with Crippen molar-refractivity contribution < 1.29 is 21.7 Å². The van der Waals surface area contributed by atoms with E-state index in [1.807, 2.05) is 0 Å². The van der Waals surface area contributed by atoms with Crippen molar-refractivity contribution in [3.8, 4) is 0 Å². The Hall–Kier alpha value is -1.87. The lowest BCUT2D eigenvalue weighted by molar-refractivity contribution is 0.215. The first-order chi connectivity index (χ1) is 11.0. The summed E-state index contributed by atoms with van der Waals surface area (Å²) in [6.07, 6.45) is 2.08. The summed E-state index contributed by atoms with van der Waals surface area (Å²) in [5, 5.41) is 3.88. The van der Waals surface area contributed by atoms with Crippen LogP contribution in [0.5, 0.6) is 0 Å². The molecule has 1 aromatic heterocycles. The second kappa shape index (κ2) is 5.07. The molecule has 2 heterocycles. The van der Waals surface area contributed by atoms with Crippen LogP contribution < -0.4 is 0 Å². The Bertz CT molecular complexity index is 838. The minimum atomic E-state index is -4.21. The van der Waals surface area contributed by atoms with E-state index in [9.17, 15) is 17.2 Å². The molecule has 1 aromatic carbocycles. The molecular weight excluding hydrogens is 328 g/mol. The van der Waals surface area contributed by atoms with Crippen molar-refractivity contribution in [3.05, 3.63) is 41.5 Å². The van der Waals surface area contributed by atoms with Crippen LogP contribution in [0.25, 0.3) is 0 Å². The molecule has 0 N–H and O–H groups in total. The van der Waals surface area contributed by atoms with Crippen molar-refractivity contribution in [2.24, 2.45) is 0 Å². The van der Waals surface area contributed by atoms with Gasteiger partial charge in [-0.15, -0.1) is 0 Å². The SMILES string of the molecule is O=S(=O)(c1c(F)cccc1F)N1CC(c2nc(C3CC3)no2)C1. The van der Waals surface area contributed by atoms with Gasteiger partial charge in [-0.1, -0.05) is 11.2 Å². The average molecular weight is 341 g/mol. The maximum atomic E-state index is 13.7. The molecule has 0 bridgehead atoms. The fourth-order valence-electron chi connectivity index (χ4n) is 2.57. The quantitative estimate of drug-likeness (QED) is 0.850. The molecule has 23 heavy (non-hydrogen) atoms.